The summed E-state index contributed by atoms with van der Waals surface area (Å²) in [6.45, 7) is 4.97. The second-order valence-electron chi connectivity index (χ2n) is 3.83. The van der Waals surface area contributed by atoms with Crippen molar-refractivity contribution < 1.29 is 45.1 Å². The zero-order valence-corrected chi connectivity index (χ0v) is 13.3. The number of carbonyl (C=O) groups is 1. The van der Waals surface area contributed by atoms with E-state index in [1.165, 1.54) is 0 Å². The highest BCUT2D eigenvalue weighted by Gasteiger charge is 2.65. The van der Waals surface area contributed by atoms with Crippen LogP contribution < -0.4 is 5.32 Å². The quantitative estimate of drug-likeness (QED) is 0.478. The van der Waals surface area contributed by atoms with Gasteiger partial charge in [0.05, 0.1) is 6.17 Å². The van der Waals surface area contributed by atoms with Crippen LogP contribution in [0.1, 0.15) is 20.8 Å². The number of rotatable bonds is 10. The van der Waals surface area contributed by atoms with E-state index in [1.807, 2.05) is 0 Å². The minimum absolute atomic E-state index is 0.0851. The molecule has 22 heavy (non-hydrogen) atoms. The Bertz CT molecular complexity index is 342. The van der Waals surface area contributed by atoms with Gasteiger partial charge < -0.3 is 18.6 Å². The van der Waals surface area contributed by atoms with Crippen LogP contribution in [-0.2, 0) is 23.0 Å². The Morgan fingerprint density at radius 3 is 1.68 bits per heavy atom. The van der Waals surface area contributed by atoms with Crippen molar-refractivity contribution in [1.82, 2.24) is 5.32 Å². The monoisotopic (exact) mass is 355 g/mol. The molecule has 0 radical (unpaired) electrons. The molecule has 0 aliphatic rings. The molecule has 0 fully saturated rings. The van der Waals surface area contributed by atoms with Gasteiger partial charge in [-0.25, -0.2) is 0 Å². The van der Waals surface area contributed by atoms with Crippen molar-refractivity contribution in [1.29, 1.82) is 0 Å². The van der Waals surface area contributed by atoms with Gasteiger partial charge in [-0.1, -0.05) is 0 Å². The van der Waals surface area contributed by atoms with Gasteiger partial charge >= 0.3 is 20.8 Å². The molecule has 0 rings (SSSR count). The molecule has 6 nitrogen and oxygen atoms in total. The summed E-state index contributed by atoms with van der Waals surface area (Å²) in [5.74, 6) is -7.48. The lowest BCUT2D eigenvalue weighted by molar-refractivity contribution is -0.381. The molecular weight excluding hydrogens is 337 g/mol. The van der Waals surface area contributed by atoms with Crippen LogP contribution in [0, 0.1) is 0 Å². The van der Waals surface area contributed by atoms with E-state index in [2.05, 4.69) is 4.94 Å². The Kier molecular flexibility index (Phi) is 8.39. The summed E-state index contributed by atoms with van der Waals surface area (Å²) >= 11 is 0. The third kappa shape index (κ3) is 5.12. The van der Waals surface area contributed by atoms with E-state index in [0.717, 1.165) is 0 Å². The molecule has 12 heteroatoms. The molecule has 0 spiro atoms. The molecule has 1 unspecified atom stereocenters. The first-order chi connectivity index (χ1) is 10.1. The molecule has 0 aromatic carbocycles. The maximum absolute atomic E-state index is 13.3. The molecule has 0 saturated heterocycles. The number of halogens is 5. The standard InChI is InChI=1S/C10H18F5NO5Si/c1-4-18-22(19-5-2,20-6-3)7-16-8(17)9(11,21-15)10(12,13)14/h4-7H2,1-3H3,(H,16,17). The Hall–Kier alpha value is -0.823. The molecule has 0 aliphatic carbocycles. The third-order valence-corrected chi connectivity index (χ3v) is 5.12. The van der Waals surface area contributed by atoms with Crippen LogP contribution >= 0.6 is 0 Å². The number of amides is 1. The van der Waals surface area contributed by atoms with Gasteiger partial charge in [0.1, 0.15) is 0 Å². The lowest BCUT2D eigenvalue weighted by Gasteiger charge is -2.29. The molecule has 0 bridgehead atoms. The molecule has 132 valence electrons. The maximum Gasteiger partial charge on any atom is 0.521 e. The molecular formula is C10H18F5NO5Si. The average Bonchev–Trinajstić information content (AvgIpc) is 2.43. The Labute approximate surface area is 125 Å². The molecule has 0 aliphatic heterocycles. The van der Waals surface area contributed by atoms with Gasteiger partial charge in [-0.05, 0) is 25.3 Å². The van der Waals surface area contributed by atoms with E-state index in [-0.39, 0.29) is 19.8 Å². The van der Waals surface area contributed by atoms with E-state index in [0.29, 0.717) is 0 Å². The van der Waals surface area contributed by atoms with E-state index in [4.69, 9.17) is 13.3 Å². The Balaban J connectivity index is 5.07. The largest absolute Gasteiger partial charge is 0.521 e. The molecule has 1 N–H and O–H groups in total. The molecule has 1 atom stereocenters. The van der Waals surface area contributed by atoms with Gasteiger partial charge in [-0.2, -0.15) is 17.6 Å². The van der Waals surface area contributed by atoms with Crippen LogP contribution in [-0.4, -0.2) is 52.7 Å². The highest BCUT2D eigenvalue weighted by Crippen LogP contribution is 2.35. The highest BCUT2D eigenvalue weighted by atomic mass is 28.4. The van der Waals surface area contributed by atoms with E-state index >= 15 is 0 Å². The average molecular weight is 355 g/mol. The number of hydrogen-bond acceptors (Lipinski definition) is 5. The second-order valence-corrected chi connectivity index (χ2v) is 6.42. The van der Waals surface area contributed by atoms with Crippen molar-refractivity contribution in [3.8, 4) is 0 Å². The van der Waals surface area contributed by atoms with Gasteiger partial charge in [0, 0.05) is 19.8 Å². The molecule has 1 amide bonds. The minimum atomic E-state index is -5.89. The first-order valence-electron chi connectivity index (χ1n) is 6.38. The van der Waals surface area contributed by atoms with E-state index in [9.17, 15) is 26.9 Å². The zero-order chi connectivity index (χ0) is 17.4. The van der Waals surface area contributed by atoms with E-state index < -0.39 is 32.9 Å². The summed E-state index contributed by atoms with van der Waals surface area (Å²) < 4.78 is 77.9. The van der Waals surface area contributed by atoms with Crippen molar-refractivity contribution in [2.75, 3.05) is 26.0 Å². The molecule has 0 heterocycles. The van der Waals surface area contributed by atoms with Crippen LogP contribution in [0.25, 0.3) is 0 Å². The minimum Gasteiger partial charge on any atom is -0.373 e. The van der Waals surface area contributed by atoms with Crippen LogP contribution in [0.2, 0.25) is 0 Å². The lowest BCUT2D eigenvalue weighted by atomic mass is 10.3. The lowest BCUT2D eigenvalue weighted by Crippen LogP contribution is -2.60. The van der Waals surface area contributed by atoms with Gasteiger partial charge in [0.25, 0.3) is 5.91 Å². The second kappa shape index (κ2) is 8.72. The van der Waals surface area contributed by atoms with Crippen LogP contribution in [0.5, 0.6) is 0 Å². The Morgan fingerprint density at radius 1 is 1.00 bits per heavy atom. The first-order valence-corrected chi connectivity index (χ1v) is 8.31. The van der Waals surface area contributed by atoms with Gasteiger partial charge in [0.15, 0.2) is 0 Å². The summed E-state index contributed by atoms with van der Waals surface area (Å²) in [5.41, 5.74) is 0. The summed E-state index contributed by atoms with van der Waals surface area (Å²) in [5, 5.41) is 1.56. The summed E-state index contributed by atoms with van der Waals surface area (Å²) in [4.78, 5) is 13.5. The summed E-state index contributed by atoms with van der Waals surface area (Å²) in [7, 11) is -3.55. The first kappa shape index (κ1) is 21.2. The van der Waals surface area contributed by atoms with Crippen molar-refractivity contribution in [2.45, 2.75) is 32.8 Å². The Morgan fingerprint density at radius 2 is 1.41 bits per heavy atom. The van der Waals surface area contributed by atoms with Gasteiger partial charge in [0.2, 0.25) is 0 Å². The predicted molar refractivity (Wildman–Crippen MR) is 65.7 cm³/mol. The van der Waals surface area contributed by atoms with E-state index in [1.54, 1.807) is 26.1 Å². The van der Waals surface area contributed by atoms with Crippen LogP contribution in [0.4, 0.5) is 22.1 Å². The molecule has 0 saturated carbocycles. The van der Waals surface area contributed by atoms with Crippen molar-refractivity contribution in [2.24, 2.45) is 0 Å². The fourth-order valence-electron chi connectivity index (χ4n) is 1.45. The van der Waals surface area contributed by atoms with Crippen molar-refractivity contribution in [3.63, 3.8) is 0 Å². The molecule has 0 aromatic rings. The topological polar surface area (TPSA) is 66.0 Å². The smallest absolute Gasteiger partial charge is 0.373 e. The van der Waals surface area contributed by atoms with Gasteiger partial charge in [-0.3, -0.25) is 4.79 Å². The number of nitrogens with one attached hydrogen (secondary N) is 1. The van der Waals surface area contributed by atoms with Crippen LogP contribution in [0.15, 0.2) is 0 Å². The SMILES string of the molecule is CCO[Si](CNC(=O)C(F)(OF)C(F)(F)F)(OCC)OCC. The third-order valence-electron chi connectivity index (χ3n) is 2.32. The number of hydrogen-bond donors (Lipinski definition) is 1. The fraction of sp³-hybridized carbons (Fsp3) is 0.900. The maximum atomic E-state index is 13.3. The fourth-order valence-corrected chi connectivity index (χ4v) is 3.70. The number of alkyl halides is 4. The van der Waals surface area contributed by atoms with Crippen molar-refractivity contribution in [3.05, 3.63) is 0 Å². The van der Waals surface area contributed by atoms with Gasteiger partial charge in [-0.15, -0.1) is 4.94 Å². The summed E-state index contributed by atoms with van der Waals surface area (Å²) in [6, 6.07) is 0. The number of carbonyl (C=O) groups excluding carboxylic acids is 1. The highest BCUT2D eigenvalue weighted by molar-refractivity contribution is 6.61. The normalized spacial score (nSPS) is 15.5. The zero-order valence-electron chi connectivity index (χ0n) is 12.3. The van der Waals surface area contributed by atoms with Crippen LogP contribution in [0.3, 0.4) is 0 Å². The predicted octanol–water partition coefficient (Wildman–Crippen LogP) is 1.82. The summed E-state index contributed by atoms with van der Waals surface area (Å²) in [6.07, 6.45) is -6.56. The van der Waals surface area contributed by atoms with Crippen molar-refractivity contribution >= 4 is 14.7 Å². The molecule has 0 aromatic heterocycles.